The minimum atomic E-state index is 0.479. The first-order valence-corrected chi connectivity index (χ1v) is 5.74. The molecular formula is C14H12N2. The number of hydrogen-bond donors (Lipinski definition) is 1. The number of aliphatic imine (C=N–C) groups is 1. The van der Waals surface area contributed by atoms with Crippen molar-refractivity contribution >= 4 is 23.0 Å². The minimum absolute atomic E-state index is 0.479. The van der Waals surface area contributed by atoms with Gasteiger partial charge in [-0.05, 0) is 28.9 Å². The molecule has 0 bridgehead atoms. The molecule has 0 radical (unpaired) electrons. The highest BCUT2D eigenvalue weighted by Crippen LogP contribution is 2.23. The lowest BCUT2D eigenvalue weighted by Gasteiger charge is -2.26. The van der Waals surface area contributed by atoms with Gasteiger partial charge >= 0.3 is 0 Å². The molecule has 1 aromatic carbocycles. The molecule has 16 heavy (non-hydrogen) atoms. The molecule has 0 amide bonds. The molecule has 1 aliphatic carbocycles. The van der Waals surface area contributed by atoms with E-state index < -0.39 is 0 Å². The summed E-state index contributed by atoms with van der Waals surface area (Å²) in [7, 11) is 0. The maximum absolute atomic E-state index is 4.48. The second-order valence-electron chi connectivity index (χ2n) is 4.51. The van der Waals surface area contributed by atoms with Crippen LogP contribution in [0.1, 0.15) is 6.42 Å². The number of hydrogen-bond acceptors (Lipinski definition) is 2. The maximum Gasteiger partial charge on any atom is 0.0711 e. The molecule has 1 aromatic rings. The first-order valence-electron chi connectivity index (χ1n) is 5.74. The molecule has 4 rings (SSSR count). The Labute approximate surface area is 93.7 Å². The van der Waals surface area contributed by atoms with Gasteiger partial charge in [0.15, 0.2) is 0 Å². The Balaban J connectivity index is 2.20. The van der Waals surface area contributed by atoms with Gasteiger partial charge in [0.25, 0.3) is 0 Å². The monoisotopic (exact) mass is 208 g/mol. The van der Waals surface area contributed by atoms with Crippen molar-refractivity contribution in [3.63, 3.8) is 0 Å². The number of nitrogens with one attached hydrogen (secondary N) is 1. The summed E-state index contributed by atoms with van der Waals surface area (Å²) in [5.74, 6) is 0. The van der Waals surface area contributed by atoms with Crippen LogP contribution in [0.5, 0.6) is 0 Å². The van der Waals surface area contributed by atoms with E-state index in [1.807, 2.05) is 6.21 Å². The van der Waals surface area contributed by atoms with E-state index in [1.54, 1.807) is 0 Å². The highest BCUT2D eigenvalue weighted by Gasteiger charge is 2.23. The minimum Gasteiger partial charge on any atom is -0.306 e. The van der Waals surface area contributed by atoms with E-state index in [-0.39, 0.29) is 0 Å². The molecule has 0 aromatic heterocycles. The molecule has 2 heterocycles. The first kappa shape index (κ1) is 8.48. The van der Waals surface area contributed by atoms with Crippen molar-refractivity contribution in [3.8, 4) is 0 Å². The van der Waals surface area contributed by atoms with Crippen molar-refractivity contribution in [2.75, 3.05) is 6.54 Å². The van der Waals surface area contributed by atoms with Gasteiger partial charge in [-0.25, -0.2) is 0 Å². The topological polar surface area (TPSA) is 24.4 Å². The quantitative estimate of drug-likeness (QED) is 0.664. The summed E-state index contributed by atoms with van der Waals surface area (Å²) in [6.07, 6.45) is 7.58. The summed E-state index contributed by atoms with van der Waals surface area (Å²) in [5.41, 5.74) is 3.96. The highest BCUT2D eigenvalue weighted by molar-refractivity contribution is 6.08. The number of rotatable bonds is 0. The fraction of sp³-hybridized carbons (Fsp3) is 0.214. The lowest BCUT2D eigenvalue weighted by Crippen LogP contribution is -2.44. The molecule has 0 saturated heterocycles. The fourth-order valence-electron chi connectivity index (χ4n) is 2.89. The zero-order valence-electron chi connectivity index (χ0n) is 8.90. The molecule has 78 valence electrons. The van der Waals surface area contributed by atoms with Crippen LogP contribution >= 0.6 is 0 Å². The normalized spacial score (nSPS) is 24.6. The predicted molar refractivity (Wildman–Crippen MR) is 66.2 cm³/mol. The first-order chi connectivity index (χ1) is 7.93. The molecule has 1 atom stereocenters. The lowest BCUT2D eigenvalue weighted by molar-refractivity contribution is 0.648. The summed E-state index contributed by atoms with van der Waals surface area (Å²) in [6.45, 7) is 0.980. The van der Waals surface area contributed by atoms with Gasteiger partial charge in [-0.1, -0.05) is 24.3 Å². The van der Waals surface area contributed by atoms with Crippen LogP contribution in [0.3, 0.4) is 0 Å². The van der Waals surface area contributed by atoms with Crippen molar-refractivity contribution in [1.29, 1.82) is 0 Å². The average Bonchev–Trinajstić information content (AvgIpc) is 2.75. The van der Waals surface area contributed by atoms with Crippen molar-refractivity contribution in [2.45, 2.75) is 12.5 Å². The van der Waals surface area contributed by atoms with E-state index in [9.17, 15) is 0 Å². The van der Waals surface area contributed by atoms with Crippen molar-refractivity contribution in [1.82, 2.24) is 5.32 Å². The zero-order chi connectivity index (χ0) is 10.5. The van der Waals surface area contributed by atoms with Crippen LogP contribution < -0.4 is 15.8 Å². The lowest BCUT2D eigenvalue weighted by atomic mass is 9.88. The summed E-state index contributed by atoms with van der Waals surface area (Å²) in [6, 6.07) is 6.90. The van der Waals surface area contributed by atoms with E-state index in [1.165, 1.54) is 21.6 Å². The molecule has 0 saturated carbocycles. The van der Waals surface area contributed by atoms with Gasteiger partial charge in [-0.2, -0.15) is 0 Å². The summed E-state index contributed by atoms with van der Waals surface area (Å²) in [5, 5.41) is 6.27. The van der Waals surface area contributed by atoms with E-state index in [0.717, 1.165) is 18.7 Å². The Morgan fingerprint density at radius 3 is 3.31 bits per heavy atom. The third-order valence-electron chi connectivity index (χ3n) is 3.61. The average molecular weight is 208 g/mol. The van der Waals surface area contributed by atoms with Crippen LogP contribution in [-0.2, 0) is 0 Å². The molecule has 2 nitrogen and oxygen atoms in total. The number of benzene rings is 1. The van der Waals surface area contributed by atoms with E-state index in [4.69, 9.17) is 0 Å². The number of nitrogens with zero attached hydrogens (tertiary/aromatic N) is 1. The molecule has 2 heteroatoms. The standard InChI is InChI=1S/C14H12N2/c1-3-11-10-4-2-6-15-13(10)7-9-8-16-12(5-1)14(9)11/h1-5,8,13,15H,6-7H2. The van der Waals surface area contributed by atoms with Crippen LogP contribution in [0.2, 0.25) is 0 Å². The molecule has 1 unspecified atom stereocenters. The SMILES string of the molecule is C1=CC2=c3cccc4c3=C(C=N4)CC2NC1. The Morgan fingerprint density at radius 1 is 1.31 bits per heavy atom. The molecular weight excluding hydrogens is 196 g/mol. The van der Waals surface area contributed by atoms with Crippen LogP contribution in [0.15, 0.2) is 35.3 Å². The second kappa shape index (κ2) is 2.92. The van der Waals surface area contributed by atoms with Gasteiger partial charge in [-0.3, -0.25) is 4.99 Å². The summed E-state index contributed by atoms with van der Waals surface area (Å²) >= 11 is 0. The van der Waals surface area contributed by atoms with Crippen LogP contribution in [-0.4, -0.2) is 18.8 Å². The molecule has 0 spiro atoms. The summed E-state index contributed by atoms with van der Waals surface area (Å²) in [4.78, 5) is 4.48. The van der Waals surface area contributed by atoms with Crippen molar-refractivity contribution < 1.29 is 0 Å². The van der Waals surface area contributed by atoms with Gasteiger partial charge in [0.1, 0.15) is 0 Å². The summed E-state index contributed by atoms with van der Waals surface area (Å²) < 4.78 is 0. The van der Waals surface area contributed by atoms with Crippen molar-refractivity contribution in [2.24, 2.45) is 4.99 Å². The van der Waals surface area contributed by atoms with E-state index in [2.05, 4.69) is 40.7 Å². The van der Waals surface area contributed by atoms with Crippen LogP contribution in [0, 0.1) is 0 Å². The largest absolute Gasteiger partial charge is 0.306 e. The molecule has 1 N–H and O–H groups in total. The zero-order valence-corrected chi connectivity index (χ0v) is 8.90. The third-order valence-corrected chi connectivity index (χ3v) is 3.61. The predicted octanol–water partition coefficient (Wildman–Crippen LogP) is 0.636. The Kier molecular flexibility index (Phi) is 1.55. The second-order valence-corrected chi connectivity index (χ2v) is 4.51. The van der Waals surface area contributed by atoms with Crippen molar-refractivity contribution in [3.05, 3.63) is 40.8 Å². The van der Waals surface area contributed by atoms with Crippen LogP contribution in [0.4, 0.5) is 5.69 Å². The number of fused-ring (bicyclic) bond motifs is 1. The van der Waals surface area contributed by atoms with Gasteiger partial charge in [-0.15, -0.1) is 0 Å². The maximum atomic E-state index is 4.48. The van der Waals surface area contributed by atoms with Crippen LogP contribution in [0.25, 0.3) is 11.1 Å². The smallest absolute Gasteiger partial charge is 0.0711 e. The fourth-order valence-corrected chi connectivity index (χ4v) is 2.89. The Hall–Kier alpha value is -1.67. The van der Waals surface area contributed by atoms with Gasteiger partial charge in [0, 0.05) is 24.0 Å². The Morgan fingerprint density at radius 2 is 2.31 bits per heavy atom. The third kappa shape index (κ3) is 0.973. The molecule has 0 fully saturated rings. The van der Waals surface area contributed by atoms with E-state index in [0.29, 0.717) is 6.04 Å². The highest BCUT2D eigenvalue weighted by atomic mass is 14.9. The molecule has 2 aliphatic heterocycles. The Bertz CT molecular complexity index is 650. The van der Waals surface area contributed by atoms with Gasteiger partial charge < -0.3 is 5.32 Å². The van der Waals surface area contributed by atoms with Gasteiger partial charge in [0.2, 0.25) is 0 Å². The van der Waals surface area contributed by atoms with Gasteiger partial charge in [0.05, 0.1) is 5.69 Å². The van der Waals surface area contributed by atoms with E-state index >= 15 is 0 Å². The molecule has 3 aliphatic rings.